The van der Waals surface area contributed by atoms with Crippen molar-refractivity contribution in [3.8, 4) is 5.75 Å². The van der Waals surface area contributed by atoms with Gasteiger partial charge in [0, 0.05) is 19.6 Å². The molecule has 0 saturated carbocycles. The van der Waals surface area contributed by atoms with Crippen LogP contribution in [0.2, 0.25) is 5.02 Å². The summed E-state index contributed by atoms with van der Waals surface area (Å²) < 4.78 is 5.10. The minimum Gasteiger partial charge on any atom is -0.495 e. The van der Waals surface area contributed by atoms with E-state index in [1.54, 1.807) is 7.11 Å². The van der Waals surface area contributed by atoms with Crippen LogP contribution in [-0.2, 0) is 11.3 Å². The number of amides is 1. The van der Waals surface area contributed by atoms with E-state index in [1.807, 2.05) is 23.1 Å². The Hall–Kier alpha value is -1.26. The molecule has 0 bridgehead atoms. The van der Waals surface area contributed by atoms with Crippen molar-refractivity contribution in [1.29, 1.82) is 0 Å². The first kappa shape index (κ1) is 14.2. The fraction of sp³-hybridized carbons (Fsp3) is 0.500. The zero-order valence-electron chi connectivity index (χ0n) is 11.1. The van der Waals surface area contributed by atoms with Crippen LogP contribution in [0.15, 0.2) is 18.2 Å². The van der Waals surface area contributed by atoms with Gasteiger partial charge in [0.25, 0.3) is 0 Å². The van der Waals surface area contributed by atoms with Crippen molar-refractivity contribution in [3.63, 3.8) is 0 Å². The normalized spacial score (nSPS) is 14.7. The smallest absolute Gasteiger partial charge is 0.236 e. The molecule has 1 aliphatic heterocycles. The molecule has 104 valence electrons. The van der Waals surface area contributed by atoms with Gasteiger partial charge in [0.1, 0.15) is 5.75 Å². The van der Waals surface area contributed by atoms with Crippen molar-refractivity contribution in [3.05, 3.63) is 28.8 Å². The Labute approximate surface area is 118 Å². The van der Waals surface area contributed by atoms with Crippen LogP contribution in [0.3, 0.4) is 0 Å². The first-order valence-corrected chi connectivity index (χ1v) is 6.89. The molecule has 0 atom stereocenters. The highest BCUT2D eigenvalue weighted by molar-refractivity contribution is 6.32. The summed E-state index contributed by atoms with van der Waals surface area (Å²) in [5.74, 6) is 0.843. The monoisotopic (exact) mass is 282 g/mol. The molecule has 1 heterocycles. The molecule has 1 aromatic carbocycles. The maximum Gasteiger partial charge on any atom is 0.236 e. The zero-order valence-corrected chi connectivity index (χ0v) is 11.9. The number of halogens is 1. The van der Waals surface area contributed by atoms with Crippen LogP contribution < -0.4 is 10.1 Å². The van der Waals surface area contributed by atoms with Gasteiger partial charge < -0.3 is 15.0 Å². The van der Waals surface area contributed by atoms with Crippen LogP contribution in [0.25, 0.3) is 0 Å². The molecule has 0 aliphatic carbocycles. The van der Waals surface area contributed by atoms with Gasteiger partial charge in [-0.15, -0.1) is 0 Å². The highest BCUT2D eigenvalue weighted by atomic mass is 35.5. The van der Waals surface area contributed by atoms with Crippen molar-refractivity contribution in [2.75, 3.05) is 26.7 Å². The number of nitrogens with one attached hydrogen (secondary N) is 1. The van der Waals surface area contributed by atoms with Crippen LogP contribution in [0.5, 0.6) is 5.75 Å². The molecule has 1 saturated heterocycles. The maximum atomic E-state index is 11.8. The van der Waals surface area contributed by atoms with E-state index in [4.69, 9.17) is 16.3 Å². The summed E-state index contributed by atoms with van der Waals surface area (Å²) in [7, 11) is 1.59. The lowest BCUT2D eigenvalue weighted by atomic mass is 10.2. The van der Waals surface area contributed by atoms with Gasteiger partial charge in [0.15, 0.2) is 0 Å². The van der Waals surface area contributed by atoms with Gasteiger partial charge in [-0.25, -0.2) is 0 Å². The summed E-state index contributed by atoms with van der Waals surface area (Å²) >= 11 is 6.05. The molecule has 0 spiro atoms. The third kappa shape index (κ3) is 3.85. The van der Waals surface area contributed by atoms with Gasteiger partial charge in [-0.2, -0.15) is 0 Å². The van der Waals surface area contributed by atoms with Crippen molar-refractivity contribution in [1.82, 2.24) is 10.2 Å². The first-order chi connectivity index (χ1) is 9.20. The van der Waals surface area contributed by atoms with E-state index in [2.05, 4.69) is 5.32 Å². The Balaban J connectivity index is 1.79. The van der Waals surface area contributed by atoms with Crippen molar-refractivity contribution in [2.45, 2.75) is 19.4 Å². The number of likely N-dealkylation sites (tertiary alicyclic amines) is 1. The average molecular weight is 283 g/mol. The van der Waals surface area contributed by atoms with Crippen molar-refractivity contribution < 1.29 is 9.53 Å². The fourth-order valence-electron chi connectivity index (χ4n) is 2.21. The summed E-state index contributed by atoms with van der Waals surface area (Å²) in [5, 5.41) is 3.74. The van der Waals surface area contributed by atoms with E-state index < -0.39 is 0 Å². The number of hydrogen-bond donors (Lipinski definition) is 1. The number of hydrogen-bond acceptors (Lipinski definition) is 3. The van der Waals surface area contributed by atoms with E-state index >= 15 is 0 Å². The summed E-state index contributed by atoms with van der Waals surface area (Å²) in [4.78, 5) is 13.7. The average Bonchev–Trinajstić information content (AvgIpc) is 2.93. The molecule has 1 aromatic rings. The molecule has 4 nitrogen and oxygen atoms in total. The summed E-state index contributed by atoms with van der Waals surface area (Å²) in [6.45, 7) is 2.80. The van der Waals surface area contributed by atoms with Crippen molar-refractivity contribution in [2.24, 2.45) is 0 Å². The SMILES string of the molecule is COc1ccc(CNCC(=O)N2CCCC2)cc1Cl. The minimum absolute atomic E-state index is 0.178. The quantitative estimate of drug-likeness (QED) is 0.899. The number of rotatable bonds is 5. The molecule has 0 unspecified atom stereocenters. The Kier molecular flexibility index (Phi) is 5.05. The van der Waals surface area contributed by atoms with Gasteiger partial charge >= 0.3 is 0 Å². The molecular formula is C14H19ClN2O2. The minimum atomic E-state index is 0.178. The fourth-order valence-corrected chi connectivity index (χ4v) is 2.49. The van der Waals surface area contributed by atoms with Gasteiger partial charge in [0.2, 0.25) is 5.91 Å². The zero-order chi connectivity index (χ0) is 13.7. The van der Waals surface area contributed by atoms with E-state index in [-0.39, 0.29) is 5.91 Å². The lowest BCUT2D eigenvalue weighted by molar-refractivity contribution is -0.129. The van der Waals surface area contributed by atoms with Crippen molar-refractivity contribution >= 4 is 17.5 Å². The van der Waals surface area contributed by atoms with E-state index in [9.17, 15) is 4.79 Å². The molecule has 1 fully saturated rings. The van der Waals surface area contributed by atoms with Crippen LogP contribution in [0.4, 0.5) is 0 Å². The summed E-state index contributed by atoms with van der Waals surface area (Å²) in [6.07, 6.45) is 2.25. The second kappa shape index (κ2) is 6.78. The predicted molar refractivity (Wildman–Crippen MR) is 75.5 cm³/mol. The number of ether oxygens (including phenoxy) is 1. The predicted octanol–water partition coefficient (Wildman–Crippen LogP) is 2.06. The van der Waals surface area contributed by atoms with Crippen LogP contribution >= 0.6 is 11.6 Å². The first-order valence-electron chi connectivity index (χ1n) is 6.51. The standard InChI is InChI=1S/C14H19ClN2O2/c1-19-13-5-4-11(8-12(13)15)9-16-10-14(18)17-6-2-3-7-17/h4-5,8,16H,2-3,6-7,9-10H2,1H3. The van der Waals surface area contributed by atoms with Crippen LogP contribution in [0, 0.1) is 0 Å². The second-order valence-electron chi connectivity index (χ2n) is 4.66. The van der Waals surface area contributed by atoms with Crippen LogP contribution in [0.1, 0.15) is 18.4 Å². The van der Waals surface area contributed by atoms with Gasteiger partial charge in [0.05, 0.1) is 18.7 Å². The molecule has 19 heavy (non-hydrogen) atoms. The number of benzene rings is 1. The number of carbonyl (C=O) groups excluding carboxylic acids is 1. The van der Waals surface area contributed by atoms with Gasteiger partial charge in [-0.3, -0.25) is 4.79 Å². The molecule has 0 aromatic heterocycles. The summed E-state index contributed by atoms with van der Waals surface area (Å²) in [5.41, 5.74) is 1.04. The molecule has 0 radical (unpaired) electrons. The number of nitrogens with zero attached hydrogens (tertiary/aromatic N) is 1. The number of methoxy groups -OCH3 is 1. The molecule has 1 N–H and O–H groups in total. The third-order valence-corrected chi connectivity index (χ3v) is 3.58. The van der Waals surface area contributed by atoms with E-state index in [1.165, 1.54) is 0 Å². The Morgan fingerprint density at radius 1 is 1.42 bits per heavy atom. The lowest BCUT2D eigenvalue weighted by Gasteiger charge is -2.15. The van der Waals surface area contributed by atoms with Gasteiger partial charge in [-0.05, 0) is 30.5 Å². The second-order valence-corrected chi connectivity index (χ2v) is 5.07. The lowest BCUT2D eigenvalue weighted by Crippen LogP contribution is -2.35. The highest BCUT2D eigenvalue weighted by Gasteiger charge is 2.16. The molecule has 2 rings (SSSR count). The molecular weight excluding hydrogens is 264 g/mol. The van der Waals surface area contributed by atoms with E-state index in [0.717, 1.165) is 31.5 Å². The maximum absolute atomic E-state index is 11.8. The Morgan fingerprint density at radius 3 is 2.79 bits per heavy atom. The largest absolute Gasteiger partial charge is 0.495 e. The molecule has 1 aliphatic rings. The Bertz CT molecular complexity index is 445. The Morgan fingerprint density at radius 2 is 2.16 bits per heavy atom. The van der Waals surface area contributed by atoms with Gasteiger partial charge in [-0.1, -0.05) is 17.7 Å². The third-order valence-electron chi connectivity index (χ3n) is 3.28. The van der Waals surface area contributed by atoms with E-state index in [0.29, 0.717) is 23.9 Å². The highest BCUT2D eigenvalue weighted by Crippen LogP contribution is 2.24. The molecule has 1 amide bonds. The number of carbonyl (C=O) groups is 1. The topological polar surface area (TPSA) is 41.6 Å². The summed E-state index contributed by atoms with van der Waals surface area (Å²) in [6, 6.07) is 5.63. The molecule has 5 heteroatoms. The van der Waals surface area contributed by atoms with Crippen LogP contribution in [-0.4, -0.2) is 37.6 Å².